The molecule has 0 saturated heterocycles. The molecule has 0 aliphatic heterocycles. The van der Waals surface area contributed by atoms with Crippen LogP contribution < -0.4 is 0 Å². The van der Waals surface area contributed by atoms with Crippen molar-refractivity contribution in [1.82, 2.24) is 9.97 Å². The van der Waals surface area contributed by atoms with Crippen molar-refractivity contribution in [2.45, 2.75) is 38.5 Å². The van der Waals surface area contributed by atoms with E-state index >= 15 is 4.39 Å². The number of nitriles is 1. The quantitative estimate of drug-likeness (QED) is 0.289. The Morgan fingerprint density at radius 2 is 1.55 bits per heavy atom. The topological polar surface area (TPSA) is 49.6 Å². The lowest BCUT2D eigenvalue weighted by atomic mass is 9.98. The number of halogens is 1. The van der Waals surface area contributed by atoms with Crippen LogP contribution in [0.2, 0.25) is 0 Å². The Bertz CT molecular complexity index is 1290. The Labute approximate surface area is 194 Å². The van der Waals surface area contributed by atoms with Crippen LogP contribution in [-0.2, 0) is 32.1 Å². The molecule has 0 saturated carbocycles. The Morgan fingerprint density at radius 3 is 2.27 bits per heavy atom. The molecule has 0 atom stereocenters. The standard InChI is InChI=1S/C29H26FN3/c1-2-3-4-24-19-32-28(33-20-24)16-11-22-10-15-27-26(17-22)14-13-25(29(27)30)12-9-21-5-7-23(18-31)8-6-21/h2,5-8,10,13-15,17,19-20H,1,3-4,9,11-12,16H2. The fourth-order valence-corrected chi connectivity index (χ4v) is 3.92. The Hall–Kier alpha value is -3.84. The molecule has 0 bridgehead atoms. The minimum atomic E-state index is -0.147. The molecular formula is C29H26FN3. The fraction of sp³-hybridized carbons (Fsp3) is 0.207. The van der Waals surface area contributed by atoms with Crippen LogP contribution in [0, 0.1) is 17.1 Å². The molecule has 4 heteroatoms. The summed E-state index contributed by atoms with van der Waals surface area (Å²) in [4.78, 5) is 8.94. The molecule has 3 nitrogen and oxygen atoms in total. The summed E-state index contributed by atoms with van der Waals surface area (Å²) in [6.07, 6.45) is 10.4. The number of benzene rings is 3. The molecule has 1 aromatic heterocycles. The van der Waals surface area contributed by atoms with Crippen molar-refractivity contribution in [2.24, 2.45) is 0 Å². The second kappa shape index (κ2) is 10.7. The molecule has 0 aliphatic rings. The van der Waals surface area contributed by atoms with E-state index in [1.807, 2.05) is 54.9 Å². The third-order valence-corrected chi connectivity index (χ3v) is 5.90. The van der Waals surface area contributed by atoms with Crippen molar-refractivity contribution in [3.63, 3.8) is 0 Å². The molecular weight excluding hydrogens is 409 g/mol. The Balaban J connectivity index is 1.40. The van der Waals surface area contributed by atoms with Gasteiger partial charge in [-0.1, -0.05) is 48.5 Å². The summed E-state index contributed by atoms with van der Waals surface area (Å²) in [7, 11) is 0. The van der Waals surface area contributed by atoms with Gasteiger partial charge in [0.15, 0.2) is 0 Å². The molecule has 33 heavy (non-hydrogen) atoms. The van der Waals surface area contributed by atoms with E-state index in [-0.39, 0.29) is 5.82 Å². The number of nitrogens with zero attached hydrogens (tertiary/aromatic N) is 3. The van der Waals surface area contributed by atoms with E-state index in [9.17, 15) is 0 Å². The van der Waals surface area contributed by atoms with Crippen molar-refractivity contribution < 1.29 is 4.39 Å². The molecule has 0 amide bonds. The third-order valence-electron chi connectivity index (χ3n) is 5.90. The summed E-state index contributed by atoms with van der Waals surface area (Å²) in [6.45, 7) is 3.74. The molecule has 0 radical (unpaired) electrons. The first kappa shape index (κ1) is 22.4. The monoisotopic (exact) mass is 435 g/mol. The summed E-state index contributed by atoms with van der Waals surface area (Å²) >= 11 is 0. The van der Waals surface area contributed by atoms with Crippen LogP contribution in [0.4, 0.5) is 4.39 Å². The lowest BCUT2D eigenvalue weighted by molar-refractivity contribution is 0.620. The highest BCUT2D eigenvalue weighted by Gasteiger charge is 2.09. The van der Waals surface area contributed by atoms with Gasteiger partial charge in [0.05, 0.1) is 11.6 Å². The highest BCUT2D eigenvalue weighted by molar-refractivity contribution is 5.84. The molecule has 1 heterocycles. The number of fused-ring (bicyclic) bond motifs is 1. The normalized spacial score (nSPS) is 10.8. The average molecular weight is 436 g/mol. The molecule has 0 N–H and O–H groups in total. The number of aromatic nitrogens is 2. The zero-order valence-electron chi connectivity index (χ0n) is 18.6. The van der Waals surface area contributed by atoms with Crippen LogP contribution in [0.3, 0.4) is 0 Å². The number of rotatable bonds is 9. The Kier molecular flexibility index (Phi) is 7.22. The number of hydrogen-bond acceptors (Lipinski definition) is 3. The molecule has 0 spiro atoms. The summed E-state index contributed by atoms with van der Waals surface area (Å²) in [5.41, 5.74) is 4.71. The van der Waals surface area contributed by atoms with Gasteiger partial charge < -0.3 is 0 Å². The number of hydrogen-bond donors (Lipinski definition) is 0. The first-order valence-corrected chi connectivity index (χ1v) is 11.3. The minimum Gasteiger partial charge on any atom is -0.241 e. The maximum absolute atomic E-state index is 15.1. The minimum absolute atomic E-state index is 0.147. The van der Waals surface area contributed by atoms with Crippen LogP contribution in [0.25, 0.3) is 10.8 Å². The Morgan fingerprint density at radius 1 is 0.818 bits per heavy atom. The maximum Gasteiger partial charge on any atom is 0.134 e. The van der Waals surface area contributed by atoms with Gasteiger partial charge in [0.25, 0.3) is 0 Å². The first-order valence-electron chi connectivity index (χ1n) is 11.3. The van der Waals surface area contributed by atoms with E-state index in [1.165, 1.54) is 0 Å². The van der Waals surface area contributed by atoms with Gasteiger partial charge in [-0.25, -0.2) is 14.4 Å². The van der Waals surface area contributed by atoms with E-state index in [1.54, 1.807) is 12.1 Å². The predicted octanol–water partition coefficient (Wildman–Crippen LogP) is 6.33. The molecule has 0 fully saturated rings. The lowest BCUT2D eigenvalue weighted by Crippen LogP contribution is -2.00. The van der Waals surface area contributed by atoms with Gasteiger partial charge in [0.2, 0.25) is 0 Å². The average Bonchev–Trinajstić information content (AvgIpc) is 2.86. The lowest BCUT2D eigenvalue weighted by Gasteiger charge is -2.09. The van der Waals surface area contributed by atoms with Gasteiger partial charge in [0.1, 0.15) is 11.6 Å². The fourth-order valence-electron chi connectivity index (χ4n) is 3.92. The van der Waals surface area contributed by atoms with Crippen molar-refractivity contribution in [1.29, 1.82) is 5.26 Å². The SMILES string of the molecule is C=CCCc1cnc(CCc2ccc3c(F)c(CCc4ccc(C#N)cc4)ccc3c2)nc1. The molecule has 4 aromatic rings. The molecule has 164 valence electrons. The van der Waals surface area contributed by atoms with Gasteiger partial charge in [-0.3, -0.25) is 0 Å². The summed E-state index contributed by atoms with van der Waals surface area (Å²) in [5, 5.41) is 10.5. The van der Waals surface area contributed by atoms with Gasteiger partial charge in [-0.2, -0.15) is 5.26 Å². The van der Waals surface area contributed by atoms with Crippen molar-refractivity contribution >= 4 is 10.8 Å². The third kappa shape index (κ3) is 5.70. The van der Waals surface area contributed by atoms with Crippen LogP contribution in [0.1, 0.15) is 40.1 Å². The van der Waals surface area contributed by atoms with Crippen molar-refractivity contribution in [3.05, 3.63) is 119 Å². The van der Waals surface area contributed by atoms with E-state index < -0.39 is 0 Å². The van der Waals surface area contributed by atoms with Gasteiger partial charge >= 0.3 is 0 Å². The molecule has 0 unspecified atom stereocenters. The number of aryl methyl sites for hydroxylation is 5. The van der Waals surface area contributed by atoms with Crippen LogP contribution in [0.15, 0.2) is 79.6 Å². The summed E-state index contributed by atoms with van der Waals surface area (Å²) in [6, 6.07) is 19.4. The molecule has 0 aliphatic carbocycles. The van der Waals surface area contributed by atoms with E-state index in [2.05, 4.69) is 28.7 Å². The van der Waals surface area contributed by atoms with Crippen LogP contribution >= 0.6 is 0 Å². The van der Waals surface area contributed by atoms with Crippen LogP contribution in [-0.4, -0.2) is 9.97 Å². The first-order chi connectivity index (χ1) is 16.2. The smallest absolute Gasteiger partial charge is 0.134 e. The zero-order valence-corrected chi connectivity index (χ0v) is 18.6. The predicted molar refractivity (Wildman–Crippen MR) is 130 cm³/mol. The van der Waals surface area contributed by atoms with Gasteiger partial charge in [0, 0.05) is 24.2 Å². The molecule has 3 aromatic carbocycles. The van der Waals surface area contributed by atoms with E-state index in [0.717, 1.165) is 60.0 Å². The highest BCUT2D eigenvalue weighted by Crippen LogP contribution is 2.24. The van der Waals surface area contributed by atoms with Gasteiger partial charge in [-0.15, -0.1) is 6.58 Å². The summed E-state index contributed by atoms with van der Waals surface area (Å²) < 4.78 is 15.1. The van der Waals surface area contributed by atoms with E-state index in [4.69, 9.17) is 5.26 Å². The zero-order chi connectivity index (χ0) is 23.0. The van der Waals surface area contributed by atoms with Crippen molar-refractivity contribution in [2.75, 3.05) is 0 Å². The highest BCUT2D eigenvalue weighted by atomic mass is 19.1. The maximum atomic E-state index is 15.1. The number of allylic oxidation sites excluding steroid dienone is 1. The van der Waals surface area contributed by atoms with E-state index in [0.29, 0.717) is 22.9 Å². The molecule has 4 rings (SSSR count). The second-order valence-corrected chi connectivity index (χ2v) is 8.24. The second-order valence-electron chi connectivity index (χ2n) is 8.24. The van der Waals surface area contributed by atoms with Crippen LogP contribution in [0.5, 0.6) is 0 Å². The van der Waals surface area contributed by atoms with Gasteiger partial charge in [-0.05, 0) is 71.9 Å². The van der Waals surface area contributed by atoms with Crippen molar-refractivity contribution in [3.8, 4) is 6.07 Å². The largest absolute Gasteiger partial charge is 0.241 e. The summed E-state index contributed by atoms with van der Waals surface area (Å²) in [5.74, 6) is 0.674.